The number of rotatable bonds is 3. The van der Waals surface area contributed by atoms with Crippen molar-refractivity contribution in [2.24, 2.45) is 12.1 Å². The third kappa shape index (κ3) is 2.93. The molecular weight excluding hydrogens is 376 g/mol. The molecule has 22 heavy (non-hydrogen) atoms. The average molecular weight is 386 g/mol. The van der Waals surface area contributed by atoms with E-state index < -0.39 is 5.91 Å². The second-order valence-corrected chi connectivity index (χ2v) is 5.69. The largest absolute Gasteiger partial charge is 0.454 e. The molecule has 1 aliphatic heterocycles. The van der Waals surface area contributed by atoms with Crippen LogP contribution in [0.15, 0.2) is 27.9 Å². The van der Waals surface area contributed by atoms with E-state index in [4.69, 9.17) is 21.1 Å². The van der Waals surface area contributed by atoms with E-state index in [-0.39, 0.29) is 12.5 Å². The molecule has 0 bridgehead atoms. The Bertz CT molecular complexity index is 775. The lowest BCUT2D eigenvalue weighted by Gasteiger charge is -2.01. The summed E-state index contributed by atoms with van der Waals surface area (Å²) < 4.78 is 12.6. The molecule has 9 heteroatoms. The van der Waals surface area contributed by atoms with Gasteiger partial charge in [-0.2, -0.15) is 10.2 Å². The number of halogens is 2. The van der Waals surface area contributed by atoms with Crippen molar-refractivity contribution in [2.75, 3.05) is 6.79 Å². The Hall–Kier alpha value is -2.06. The van der Waals surface area contributed by atoms with Crippen LogP contribution in [0, 0.1) is 0 Å². The molecule has 0 fully saturated rings. The van der Waals surface area contributed by atoms with Crippen LogP contribution in [-0.2, 0) is 7.05 Å². The summed E-state index contributed by atoms with van der Waals surface area (Å²) in [5, 5.41) is 8.35. The van der Waals surface area contributed by atoms with E-state index >= 15 is 0 Å². The number of ether oxygens (including phenoxy) is 2. The molecule has 0 radical (unpaired) electrons. The number of hydrogen-bond donors (Lipinski definition) is 1. The van der Waals surface area contributed by atoms with Crippen molar-refractivity contribution in [2.45, 2.75) is 0 Å². The van der Waals surface area contributed by atoms with Crippen molar-refractivity contribution in [3.8, 4) is 11.5 Å². The predicted molar refractivity (Wildman–Crippen MR) is 83.5 cm³/mol. The second-order valence-electron chi connectivity index (χ2n) is 4.43. The van der Waals surface area contributed by atoms with E-state index in [1.54, 1.807) is 25.4 Å². The molecule has 2 aromatic rings. The van der Waals surface area contributed by atoms with Crippen LogP contribution in [0.2, 0.25) is 5.02 Å². The average Bonchev–Trinajstić information content (AvgIpc) is 3.04. The maximum Gasteiger partial charge on any atom is 0.293 e. The van der Waals surface area contributed by atoms with Gasteiger partial charge < -0.3 is 9.47 Å². The SMILES string of the molecule is Cn1cc(Br)c(C(=O)NN=Cc2cc3c(cc2Cl)OCO3)n1. The van der Waals surface area contributed by atoms with E-state index in [2.05, 4.69) is 31.6 Å². The van der Waals surface area contributed by atoms with Crippen molar-refractivity contribution < 1.29 is 14.3 Å². The molecule has 0 saturated carbocycles. The summed E-state index contributed by atoms with van der Waals surface area (Å²) in [6.45, 7) is 0.163. The summed E-state index contributed by atoms with van der Waals surface area (Å²) in [6.07, 6.45) is 3.10. The lowest BCUT2D eigenvalue weighted by atomic mass is 10.2. The third-order valence-corrected chi connectivity index (χ3v) is 3.77. The summed E-state index contributed by atoms with van der Waals surface area (Å²) in [6, 6.07) is 3.33. The number of aryl methyl sites for hydroxylation is 1. The zero-order valence-corrected chi connectivity index (χ0v) is 13.7. The Labute approximate surface area is 139 Å². The fourth-order valence-corrected chi connectivity index (χ4v) is 2.62. The molecule has 1 N–H and O–H groups in total. The van der Waals surface area contributed by atoms with Gasteiger partial charge in [-0.25, -0.2) is 5.43 Å². The van der Waals surface area contributed by atoms with Gasteiger partial charge in [-0.05, 0) is 22.0 Å². The van der Waals surface area contributed by atoms with Gasteiger partial charge in [-0.15, -0.1) is 0 Å². The molecule has 7 nitrogen and oxygen atoms in total. The molecule has 114 valence electrons. The van der Waals surface area contributed by atoms with Crippen LogP contribution in [0.1, 0.15) is 16.1 Å². The number of carbonyl (C=O) groups is 1. The number of benzene rings is 1. The summed E-state index contributed by atoms with van der Waals surface area (Å²) in [4.78, 5) is 11.9. The Morgan fingerprint density at radius 1 is 1.50 bits per heavy atom. The molecule has 0 aliphatic carbocycles. The van der Waals surface area contributed by atoms with E-state index in [1.807, 2.05) is 0 Å². The van der Waals surface area contributed by atoms with Crippen LogP contribution in [0.4, 0.5) is 0 Å². The zero-order chi connectivity index (χ0) is 15.7. The van der Waals surface area contributed by atoms with Gasteiger partial charge in [0.15, 0.2) is 17.2 Å². The minimum atomic E-state index is -0.430. The van der Waals surface area contributed by atoms with Crippen LogP contribution < -0.4 is 14.9 Å². The maximum absolute atomic E-state index is 11.9. The second kappa shape index (κ2) is 5.98. The Morgan fingerprint density at radius 2 is 2.23 bits per heavy atom. The summed E-state index contributed by atoms with van der Waals surface area (Å²) in [5.74, 6) is 0.744. The van der Waals surface area contributed by atoms with Gasteiger partial charge in [-0.3, -0.25) is 9.48 Å². The van der Waals surface area contributed by atoms with Crippen LogP contribution >= 0.6 is 27.5 Å². The number of aromatic nitrogens is 2. The lowest BCUT2D eigenvalue weighted by molar-refractivity contribution is 0.0948. The number of fused-ring (bicyclic) bond motifs is 1. The number of amides is 1. The molecule has 1 amide bonds. The fourth-order valence-electron chi connectivity index (χ4n) is 1.86. The maximum atomic E-state index is 11.9. The highest BCUT2D eigenvalue weighted by Gasteiger charge is 2.16. The minimum Gasteiger partial charge on any atom is -0.454 e. The summed E-state index contributed by atoms with van der Waals surface area (Å²) in [7, 11) is 1.72. The third-order valence-electron chi connectivity index (χ3n) is 2.86. The standard InChI is InChI=1S/C13H10BrClN4O3/c1-19-5-8(14)12(18-19)13(20)17-16-4-7-2-10-11(3-9(7)15)22-6-21-10/h2-5H,6H2,1H3,(H,17,20). The highest BCUT2D eigenvalue weighted by molar-refractivity contribution is 9.10. The van der Waals surface area contributed by atoms with E-state index in [9.17, 15) is 4.79 Å². The van der Waals surface area contributed by atoms with Gasteiger partial charge in [0.1, 0.15) is 0 Å². The molecule has 1 aromatic heterocycles. The number of hydrazone groups is 1. The molecule has 1 aliphatic rings. The van der Waals surface area contributed by atoms with Gasteiger partial charge in [0.2, 0.25) is 6.79 Å². The number of nitrogens with one attached hydrogen (secondary N) is 1. The first-order valence-electron chi connectivity index (χ1n) is 6.16. The molecule has 0 saturated heterocycles. The van der Waals surface area contributed by atoms with Crippen molar-refractivity contribution in [3.05, 3.63) is 39.1 Å². The van der Waals surface area contributed by atoms with Crippen molar-refractivity contribution in [3.63, 3.8) is 0 Å². The molecule has 0 unspecified atom stereocenters. The highest BCUT2D eigenvalue weighted by atomic mass is 79.9. The molecule has 0 spiro atoms. The Morgan fingerprint density at radius 3 is 2.91 bits per heavy atom. The topological polar surface area (TPSA) is 77.7 Å². The Kier molecular flexibility index (Phi) is 4.04. The minimum absolute atomic E-state index is 0.163. The number of hydrogen-bond acceptors (Lipinski definition) is 5. The van der Waals surface area contributed by atoms with Crippen LogP contribution in [0.3, 0.4) is 0 Å². The van der Waals surface area contributed by atoms with Crippen molar-refractivity contribution in [1.82, 2.24) is 15.2 Å². The monoisotopic (exact) mass is 384 g/mol. The van der Waals surface area contributed by atoms with Gasteiger partial charge in [0.25, 0.3) is 5.91 Å². The lowest BCUT2D eigenvalue weighted by Crippen LogP contribution is -2.19. The molecule has 2 heterocycles. The first kappa shape index (κ1) is 14.9. The van der Waals surface area contributed by atoms with Crippen LogP contribution in [0.25, 0.3) is 0 Å². The first-order valence-corrected chi connectivity index (χ1v) is 7.33. The Balaban J connectivity index is 1.72. The number of nitrogens with zero attached hydrogens (tertiary/aromatic N) is 3. The zero-order valence-electron chi connectivity index (χ0n) is 11.3. The van der Waals surface area contributed by atoms with Gasteiger partial charge >= 0.3 is 0 Å². The summed E-state index contributed by atoms with van der Waals surface area (Å²) in [5.41, 5.74) is 3.24. The van der Waals surface area contributed by atoms with Gasteiger partial charge in [-0.1, -0.05) is 11.6 Å². The molecule has 0 atom stereocenters. The molecular formula is C13H10BrClN4O3. The van der Waals surface area contributed by atoms with Gasteiger partial charge in [0.05, 0.1) is 15.7 Å². The van der Waals surface area contributed by atoms with E-state index in [0.717, 1.165) is 0 Å². The summed E-state index contributed by atoms with van der Waals surface area (Å²) >= 11 is 9.36. The van der Waals surface area contributed by atoms with Gasteiger partial charge in [0, 0.05) is 24.9 Å². The fraction of sp³-hybridized carbons (Fsp3) is 0.154. The predicted octanol–water partition coefficient (Wildman–Crippen LogP) is 2.33. The highest BCUT2D eigenvalue weighted by Crippen LogP contribution is 2.36. The molecule has 1 aromatic carbocycles. The van der Waals surface area contributed by atoms with Crippen LogP contribution in [0.5, 0.6) is 11.5 Å². The first-order chi connectivity index (χ1) is 10.5. The van der Waals surface area contributed by atoms with Crippen molar-refractivity contribution in [1.29, 1.82) is 0 Å². The quantitative estimate of drug-likeness (QED) is 0.650. The van der Waals surface area contributed by atoms with E-state index in [0.29, 0.717) is 26.6 Å². The number of carbonyl (C=O) groups excluding carboxylic acids is 1. The smallest absolute Gasteiger partial charge is 0.293 e. The van der Waals surface area contributed by atoms with Crippen LogP contribution in [-0.4, -0.2) is 28.7 Å². The van der Waals surface area contributed by atoms with E-state index in [1.165, 1.54) is 10.9 Å². The normalized spacial score (nSPS) is 12.9. The van der Waals surface area contributed by atoms with Crippen molar-refractivity contribution >= 4 is 39.7 Å². The molecule has 3 rings (SSSR count).